The van der Waals surface area contributed by atoms with Crippen molar-refractivity contribution in [1.29, 1.82) is 0 Å². The lowest BCUT2D eigenvalue weighted by molar-refractivity contribution is -0.135. The minimum atomic E-state index is -4.13. The summed E-state index contributed by atoms with van der Waals surface area (Å²) in [5, 5.41) is 8.54. The molecule has 2 rings (SSSR count). The minimum absolute atomic E-state index is 0.00425. The molecule has 0 bridgehead atoms. The van der Waals surface area contributed by atoms with Crippen LogP contribution in [0.4, 0.5) is 13.2 Å². The zero-order valence-corrected chi connectivity index (χ0v) is 10.8. The highest BCUT2D eigenvalue weighted by molar-refractivity contribution is 7.71. The van der Waals surface area contributed by atoms with Gasteiger partial charge in [-0.05, 0) is 30.1 Å². The molecule has 0 saturated carbocycles. The van der Waals surface area contributed by atoms with Crippen LogP contribution < -0.4 is 0 Å². The fourth-order valence-corrected chi connectivity index (χ4v) is 2.50. The number of hydrogen-bond acceptors (Lipinski definition) is 3. The first kappa shape index (κ1) is 13.3. The first-order valence-corrected chi connectivity index (χ1v) is 6.52. The summed E-state index contributed by atoms with van der Waals surface area (Å²) < 4.78 is 38.3. The molecule has 0 aliphatic carbocycles. The molecule has 0 radical (unpaired) electrons. The number of rotatable bonds is 4. The second-order valence-corrected chi connectivity index (χ2v) is 5.03. The number of nitrogens with zero attached hydrogens (tertiary/aromatic N) is 2. The number of nitrogens with one attached hydrogen (secondary N) is 1. The quantitative estimate of drug-likeness (QED) is 0.864. The van der Waals surface area contributed by atoms with Gasteiger partial charge >= 0.3 is 6.18 Å². The standard InChI is InChI=1S/C10H10F3N3S2/c11-10(12,13)4-2-5-16-8(14-15-9(16)17)7-3-1-6-18-7/h1,3,6H,2,4-5H2,(H,15,17). The van der Waals surface area contributed by atoms with E-state index in [0.717, 1.165) is 4.88 Å². The molecule has 2 aromatic heterocycles. The first-order chi connectivity index (χ1) is 8.47. The van der Waals surface area contributed by atoms with Crippen molar-refractivity contribution in [2.24, 2.45) is 0 Å². The Morgan fingerprint density at radius 3 is 2.83 bits per heavy atom. The van der Waals surface area contributed by atoms with Gasteiger partial charge < -0.3 is 0 Å². The second kappa shape index (κ2) is 5.23. The van der Waals surface area contributed by atoms with Crippen LogP contribution in [0.15, 0.2) is 17.5 Å². The molecule has 0 saturated heterocycles. The van der Waals surface area contributed by atoms with Gasteiger partial charge in [-0.25, -0.2) is 0 Å². The van der Waals surface area contributed by atoms with E-state index in [2.05, 4.69) is 10.2 Å². The number of aromatic nitrogens is 3. The van der Waals surface area contributed by atoms with Crippen LogP contribution >= 0.6 is 23.6 Å². The predicted octanol–water partition coefficient (Wildman–Crippen LogP) is 4.01. The highest BCUT2D eigenvalue weighted by atomic mass is 32.1. The van der Waals surface area contributed by atoms with E-state index in [1.54, 1.807) is 4.57 Å². The van der Waals surface area contributed by atoms with E-state index in [1.807, 2.05) is 17.5 Å². The van der Waals surface area contributed by atoms with E-state index in [4.69, 9.17) is 12.2 Å². The van der Waals surface area contributed by atoms with Crippen molar-refractivity contribution in [3.8, 4) is 10.7 Å². The average Bonchev–Trinajstić information content (AvgIpc) is 2.87. The summed E-state index contributed by atoms with van der Waals surface area (Å²) in [7, 11) is 0. The molecule has 8 heteroatoms. The predicted molar refractivity (Wildman–Crippen MR) is 66.0 cm³/mol. The Hall–Kier alpha value is -1.15. The zero-order chi connectivity index (χ0) is 13.2. The van der Waals surface area contributed by atoms with Crippen molar-refractivity contribution in [3.63, 3.8) is 0 Å². The molecule has 0 aliphatic rings. The highest BCUT2D eigenvalue weighted by Gasteiger charge is 2.26. The van der Waals surface area contributed by atoms with E-state index in [1.165, 1.54) is 11.3 Å². The molecule has 0 unspecified atom stereocenters. The topological polar surface area (TPSA) is 33.6 Å². The van der Waals surface area contributed by atoms with Gasteiger partial charge in [-0.3, -0.25) is 9.67 Å². The first-order valence-electron chi connectivity index (χ1n) is 5.23. The minimum Gasteiger partial charge on any atom is -0.299 e. The molecule has 1 N–H and O–H groups in total. The van der Waals surface area contributed by atoms with Crippen LogP contribution in [0.25, 0.3) is 10.7 Å². The molecular weight excluding hydrogens is 283 g/mol. The third kappa shape index (κ3) is 3.20. The molecule has 0 atom stereocenters. The number of halogens is 3. The van der Waals surface area contributed by atoms with Crippen LogP contribution in [0.2, 0.25) is 0 Å². The van der Waals surface area contributed by atoms with Crippen molar-refractivity contribution in [2.45, 2.75) is 25.6 Å². The van der Waals surface area contributed by atoms with E-state index in [9.17, 15) is 13.2 Å². The summed E-state index contributed by atoms with van der Waals surface area (Å²) >= 11 is 6.49. The van der Waals surface area contributed by atoms with Crippen molar-refractivity contribution < 1.29 is 13.2 Å². The molecule has 0 aromatic carbocycles. The van der Waals surface area contributed by atoms with Gasteiger partial charge in [-0.2, -0.15) is 18.3 Å². The average molecular weight is 293 g/mol. The Kier molecular flexibility index (Phi) is 3.86. The molecular formula is C10H10F3N3S2. The number of thiophene rings is 1. The van der Waals surface area contributed by atoms with Crippen LogP contribution in [-0.4, -0.2) is 20.9 Å². The van der Waals surface area contributed by atoms with Gasteiger partial charge in [-0.1, -0.05) is 6.07 Å². The summed E-state index contributed by atoms with van der Waals surface area (Å²) in [5.74, 6) is 0.595. The van der Waals surface area contributed by atoms with Gasteiger partial charge in [-0.15, -0.1) is 11.3 Å². The maximum absolute atomic E-state index is 12.1. The zero-order valence-electron chi connectivity index (χ0n) is 9.20. The Labute approximate surface area is 110 Å². The van der Waals surface area contributed by atoms with E-state index in [-0.39, 0.29) is 13.0 Å². The van der Waals surface area contributed by atoms with E-state index < -0.39 is 12.6 Å². The molecule has 18 heavy (non-hydrogen) atoms. The van der Waals surface area contributed by atoms with Crippen molar-refractivity contribution in [3.05, 3.63) is 22.3 Å². The van der Waals surface area contributed by atoms with E-state index >= 15 is 0 Å². The Bertz CT molecular complexity index is 554. The normalized spacial score (nSPS) is 11.9. The summed E-state index contributed by atoms with van der Waals surface area (Å²) in [6.45, 7) is 0.210. The van der Waals surface area contributed by atoms with Gasteiger partial charge in [0.2, 0.25) is 0 Å². The van der Waals surface area contributed by atoms with Crippen LogP contribution in [0.1, 0.15) is 12.8 Å². The van der Waals surface area contributed by atoms with Crippen LogP contribution in [0.5, 0.6) is 0 Å². The third-order valence-electron chi connectivity index (χ3n) is 2.34. The fourth-order valence-electron chi connectivity index (χ4n) is 1.56. The molecule has 2 aromatic rings. The summed E-state index contributed by atoms with van der Waals surface area (Å²) in [6, 6.07) is 3.72. The largest absolute Gasteiger partial charge is 0.389 e. The Morgan fingerprint density at radius 2 is 2.22 bits per heavy atom. The SMILES string of the molecule is FC(F)(F)CCCn1c(-c2cccs2)n[nH]c1=S. The smallest absolute Gasteiger partial charge is 0.299 e. The fraction of sp³-hybridized carbons (Fsp3) is 0.400. The van der Waals surface area contributed by atoms with Gasteiger partial charge in [0.15, 0.2) is 10.6 Å². The lowest BCUT2D eigenvalue weighted by atomic mass is 10.3. The Morgan fingerprint density at radius 1 is 1.44 bits per heavy atom. The van der Waals surface area contributed by atoms with Crippen molar-refractivity contribution >= 4 is 23.6 Å². The van der Waals surface area contributed by atoms with Crippen LogP contribution in [0.3, 0.4) is 0 Å². The molecule has 0 amide bonds. The Balaban J connectivity index is 2.13. The number of aromatic amines is 1. The molecule has 3 nitrogen and oxygen atoms in total. The molecule has 0 spiro atoms. The van der Waals surface area contributed by atoms with Gasteiger partial charge in [0.05, 0.1) is 4.88 Å². The summed E-state index contributed by atoms with van der Waals surface area (Å²) in [5.41, 5.74) is 0. The molecule has 0 aliphatic heterocycles. The molecule has 2 heterocycles. The number of H-pyrrole nitrogens is 1. The number of hydrogen-bond donors (Lipinski definition) is 1. The van der Waals surface area contributed by atoms with E-state index in [0.29, 0.717) is 10.6 Å². The monoisotopic (exact) mass is 293 g/mol. The van der Waals surface area contributed by atoms with Gasteiger partial charge in [0, 0.05) is 13.0 Å². The van der Waals surface area contributed by atoms with Crippen molar-refractivity contribution in [1.82, 2.24) is 14.8 Å². The maximum Gasteiger partial charge on any atom is 0.389 e. The highest BCUT2D eigenvalue weighted by Crippen LogP contribution is 2.25. The third-order valence-corrected chi connectivity index (χ3v) is 3.52. The van der Waals surface area contributed by atoms with Crippen molar-refractivity contribution in [2.75, 3.05) is 0 Å². The van der Waals surface area contributed by atoms with Crippen LogP contribution in [0, 0.1) is 4.77 Å². The van der Waals surface area contributed by atoms with Crippen LogP contribution in [-0.2, 0) is 6.54 Å². The maximum atomic E-state index is 12.1. The lowest BCUT2D eigenvalue weighted by Gasteiger charge is -2.07. The van der Waals surface area contributed by atoms with Gasteiger partial charge in [0.1, 0.15) is 0 Å². The lowest BCUT2D eigenvalue weighted by Crippen LogP contribution is -2.09. The van der Waals surface area contributed by atoms with Gasteiger partial charge in [0.25, 0.3) is 0 Å². The molecule has 98 valence electrons. The molecule has 0 fully saturated rings. The summed E-state index contributed by atoms with van der Waals surface area (Å²) in [6.07, 6.45) is -4.95. The number of alkyl halides is 3. The summed E-state index contributed by atoms with van der Waals surface area (Å²) in [4.78, 5) is 0.884. The second-order valence-electron chi connectivity index (χ2n) is 3.70.